The molecule has 0 aliphatic heterocycles. The lowest BCUT2D eigenvalue weighted by atomic mass is 10.2. The molecule has 1 aromatic rings. The summed E-state index contributed by atoms with van der Waals surface area (Å²) >= 11 is 0. The Morgan fingerprint density at radius 3 is 1.79 bits per heavy atom. The van der Waals surface area contributed by atoms with Gasteiger partial charge >= 0.3 is 14.9 Å². The summed E-state index contributed by atoms with van der Waals surface area (Å²) < 4.78 is 81.1. The van der Waals surface area contributed by atoms with E-state index in [1.807, 2.05) is 0 Å². The molecular weight excluding hydrogens is 409 g/mol. The van der Waals surface area contributed by atoms with E-state index in [2.05, 4.69) is 10.1 Å². The Balaban J connectivity index is 2.64. The van der Waals surface area contributed by atoms with Gasteiger partial charge in [-0.15, -0.1) is 0 Å². The van der Waals surface area contributed by atoms with Crippen molar-refractivity contribution in [2.45, 2.75) is 52.4 Å². The van der Waals surface area contributed by atoms with Crippen LogP contribution in [0.1, 0.15) is 34.1 Å². The highest BCUT2D eigenvalue weighted by Gasteiger charge is 2.38. The van der Waals surface area contributed by atoms with Crippen LogP contribution in [0.25, 0.3) is 0 Å². The number of ether oxygens (including phenoxy) is 1. The van der Waals surface area contributed by atoms with E-state index in [4.69, 9.17) is 8.85 Å². The van der Waals surface area contributed by atoms with E-state index in [1.165, 1.54) is 0 Å². The van der Waals surface area contributed by atoms with Gasteiger partial charge in [-0.1, -0.05) is 0 Å². The molecule has 0 fully saturated rings. The molecule has 1 amide bonds. The Morgan fingerprint density at radius 1 is 0.929 bits per heavy atom. The highest BCUT2D eigenvalue weighted by Crippen LogP contribution is 2.29. The Hall–Kier alpha value is -1.76. The van der Waals surface area contributed by atoms with Crippen molar-refractivity contribution in [2.75, 3.05) is 6.54 Å². The number of halogens is 5. The molecule has 0 saturated carbocycles. The van der Waals surface area contributed by atoms with E-state index in [-0.39, 0.29) is 31.2 Å². The summed E-state index contributed by atoms with van der Waals surface area (Å²) in [4.78, 5) is 22.0. The molecular formula is C16H22F5NO5Si. The number of nitrogens with one attached hydrogen (secondary N) is 1. The number of hydrogen-bond donors (Lipinski definition) is 2. The molecule has 2 N–H and O–H groups in total. The van der Waals surface area contributed by atoms with Crippen LogP contribution in [0.15, 0.2) is 0 Å². The standard InChI is InChI=1S/C16H22F5NO5Si/c1-8(2)26-28(24,27-9(3)4)7-5-6-22-16(23)25-15-13(20)11(18)10(17)12(19)14(15)21/h8-9,24H,5-7H2,1-4H3,(H,22,23). The van der Waals surface area contributed by atoms with Gasteiger partial charge in [0, 0.05) is 24.8 Å². The third-order valence-electron chi connectivity index (χ3n) is 3.14. The number of carbonyl (C=O) groups excluding carboxylic acids is 1. The third kappa shape index (κ3) is 6.69. The fourth-order valence-electron chi connectivity index (χ4n) is 2.19. The molecule has 0 heterocycles. The topological polar surface area (TPSA) is 77.0 Å². The summed E-state index contributed by atoms with van der Waals surface area (Å²) in [5, 5.41) is 2.09. The minimum Gasteiger partial charge on any atom is -0.404 e. The molecule has 0 radical (unpaired) electrons. The normalized spacial score (nSPS) is 12.0. The Bertz CT molecular complexity index is 665. The van der Waals surface area contributed by atoms with Gasteiger partial charge in [0.25, 0.3) is 0 Å². The molecule has 12 heteroatoms. The second-order valence-corrected chi connectivity index (χ2v) is 8.76. The van der Waals surface area contributed by atoms with Crippen molar-refractivity contribution in [1.29, 1.82) is 0 Å². The predicted octanol–water partition coefficient (Wildman–Crippen LogP) is 3.64. The van der Waals surface area contributed by atoms with Crippen molar-refractivity contribution < 1.29 is 45.1 Å². The Morgan fingerprint density at radius 2 is 1.36 bits per heavy atom. The quantitative estimate of drug-likeness (QED) is 0.205. The summed E-state index contributed by atoms with van der Waals surface area (Å²) in [7, 11) is -3.51. The second-order valence-electron chi connectivity index (χ2n) is 6.36. The van der Waals surface area contributed by atoms with Crippen molar-refractivity contribution >= 4 is 14.9 Å². The molecule has 0 aliphatic carbocycles. The van der Waals surface area contributed by atoms with Crippen molar-refractivity contribution in [3.8, 4) is 5.75 Å². The lowest BCUT2D eigenvalue weighted by Gasteiger charge is -2.28. The predicted molar refractivity (Wildman–Crippen MR) is 90.1 cm³/mol. The first kappa shape index (κ1) is 24.3. The van der Waals surface area contributed by atoms with Crippen LogP contribution in [0.2, 0.25) is 6.04 Å². The SMILES string of the molecule is CC(C)O[Si](O)(CCCNC(=O)Oc1c(F)c(F)c(F)c(F)c1F)OC(C)C. The number of amides is 1. The molecule has 0 aromatic heterocycles. The van der Waals surface area contributed by atoms with Gasteiger partial charge in [0.1, 0.15) is 0 Å². The molecule has 0 atom stereocenters. The maximum atomic E-state index is 13.5. The van der Waals surface area contributed by atoms with E-state index in [0.29, 0.717) is 0 Å². The summed E-state index contributed by atoms with van der Waals surface area (Å²) in [6, 6.07) is 0.0617. The maximum Gasteiger partial charge on any atom is 0.498 e. The largest absolute Gasteiger partial charge is 0.498 e. The van der Waals surface area contributed by atoms with Gasteiger partial charge in [0.15, 0.2) is 0 Å². The molecule has 1 rings (SSSR count). The number of rotatable bonds is 9. The average molecular weight is 431 g/mol. The third-order valence-corrected chi connectivity index (χ3v) is 5.81. The highest BCUT2D eigenvalue weighted by molar-refractivity contribution is 6.59. The Labute approximate surface area is 160 Å². The molecule has 0 aliphatic rings. The zero-order valence-electron chi connectivity index (χ0n) is 15.7. The van der Waals surface area contributed by atoms with Gasteiger partial charge in [0.05, 0.1) is 0 Å². The van der Waals surface area contributed by atoms with Crippen LogP contribution in [0.4, 0.5) is 26.7 Å². The van der Waals surface area contributed by atoms with Crippen molar-refractivity contribution in [2.24, 2.45) is 0 Å². The smallest absolute Gasteiger partial charge is 0.404 e. The fourth-order valence-corrected chi connectivity index (χ4v) is 4.58. The minimum absolute atomic E-state index is 0.0617. The molecule has 1 aromatic carbocycles. The van der Waals surface area contributed by atoms with Gasteiger partial charge in [-0.2, -0.15) is 8.78 Å². The molecule has 0 unspecified atom stereocenters. The van der Waals surface area contributed by atoms with Crippen molar-refractivity contribution in [1.82, 2.24) is 5.32 Å². The van der Waals surface area contributed by atoms with Crippen LogP contribution in [-0.2, 0) is 8.85 Å². The van der Waals surface area contributed by atoms with Gasteiger partial charge < -0.3 is 23.7 Å². The molecule has 0 spiro atoms. The number of benzene rings is 1. The summed E-state index contributed by atoms with van der Waals surface area (Å²) in [5.41, 5.74) is 0. The van der Waals surface area contributed by atoms with E-state index >= 15 is 0 Å². The van der Waals surface area contributed by atoms with Gasteiger partial charge in [0.2, 0.25) is 34.8 Å². The number of carbonyl (C=O) groups is 1. The van der Waals surface area contributed by atoms with Crippen LogP contribution in [0, 0.1) is 29.1 Å². The Kier molecular flexibility index (Phi) is 8.79. The molecule has 0 saturated heterocycles. The van der Waals surface area contributed by atoms with Gasteiger partial charge in [-0.25, -0.2) is 18.0 Å². The van der Waals surface area contributed by atoms with Crippen LogP contribution < -0.4 is 10.1 Å². The van der Waals surface area contributed by atoms with Crippen LogP contribution in [0.3, 0.4) is 0 Å². The first-order valence-corrected chi connectivity index (χ1v) is 10.4. The second kappa shape index (κ2) is 10.1. The van der Waals surface area contributed by atoms with Crippen LogP contribution in [-0.4, -0.2) is 38.4 Å². The van der Waals surface area contributed by atoms with Crippen molar-refractivity contribution in [3.05, 3.63) is 29.1 Å². The summed E-state index contributed by atoms with van der Waals surface area (Å²) in [5.74, 6) is -13.0. The van der Waals surface area contributed by atoms with Crippen molar-refractivity contribution in [3.63, 3.8) is 0 Å². The van der Waals surface area contributed by atoms with E-state index in [1.54, 1.807) is 27.7 Å². The van der Waals surface area contributed by atoms with Crippen LogP contribution in [0.5, 0.6) is 5.75 Å². The molecule has 6 nitrogen and oxygen atoms in total. The fraction of sp³-hybridized carbons (Fsp3) is 0.562. The highest BCUT2D eigenvalue weighted by atomic mass is 28.4. The van der Waals surface area contributed by atoms with Crippen LogP contribution >= 0.6 is 0 Å². The molecule has 0 bridgehead atoms. The van der Waals surface area contributed by atoms with E-state index in [0.717, 1.165) is 0 Å². The number of hydrogen-bond acceptors (Lipinski definition) is 5. The summed E-state index contributed by atoms with van der Waals surface area (Å²) in [6.07, 6.45) is -1.89. The van der Waals surface area contributed by atoms with Gasteiger partial charge in [-0.05, 0) is 34.1 Å². The van der Waals surface area contributed by atoms with E-state index < -0.39 is 49.7 Å². The first-order chi connectivity index (χ1) is 12.9. The summed E-state index contributed by atoms with van der Waals surface area (Å²) in [6.45, 7) is 6.71. The van der Waals surface area contributed by atoms with Gasteiger partial charge in [-0.3, -0.25) is 0 Å². The zero-order chi connectivity index (χ0) is 21.6. The zero-order valence-corrected chi connectivity index (χ0v) is 16.7. The lowest BCUT2D eigenvalue weighted by molar-refractivity contribution is 0.0473. The minimum atomic E-state index is -3.51. The molecule has 28 heavy (non-hydrogen) atoms. The maximum absolute atomic E-state index is 13.5. The molecule has 160 valence electrons. The average Bonchev–Trinajstić information content (AvgIpc) is 2.57. The monoisotopic (exact) mass is 431 g/mol. The lowest BCUT2D eigenvalue weighted by Crippen LogP contribution is -2.46. The first-order valence-electron chi connectivity index (χ1n) is 8.43. The van der Waals surface area contributed by atoms with E-state index in [9.17, 15) is 31.5 Å².